The number of aromatic nitrogens is 1. The molecule has 1 aromatic heterocycles. The number of anilines is 1. The van der Waals surface area contributed by atoms with E-state index in [9.17, 15) is 4.79 Å². The number of aryl methyl sites for hydroxylation is 1. The summed E-state index contributed by atoms with van der Waals surface area (Å²) in [5.74, 6) is 0.701. The molecule has 4 nitrogen and oxygen atoms in total. The molecule has 1 aliphatic carbocycles. The first kappa shape index (κ1) is 19.4. The monoisotopic (exact) mass is 366 g/mol. The zero-order valence-corrected chi connectivity index (χ0v) is 16.5. The van der Waals surface area contributed by atoms with Crippen molar-refractivity contribution in [2.45, 2.75) is 64.2 Å². The normalized spacial score (nSPS) is 15.9. The highest BCUT2D eigenvalue weighted by molar-refractivity contribution is 5.99. The molecule has 0 saturated heterocycles. The van der Waals surface area contributed by atoms with Crippen molar-refractivity contribution in [3.63, 3.8) is 0 Å². The number of carbonyl (C=O) groups is 1. The van der Waals surface area contributed by atoms with Gasteiger partial charge >= 0.3 is 0 Å². The van der Waals surface area contributed by atoms with E-state index < -0.39 is 5.41 Å². The second-order valence-electron chi connectivity index (χ2n) is 7.45. The molecule has 2 aromatic rings. The highest BCUT2D eigenvalue weighted by Gasteiger charge is 2.41. The van der Waals surface area contributed by atoms with Gasteiger partial charge in [0.15, 0.2) is 0 Å². The minimum atomic E-state index is -0.442. The Morgan fingerprint density at radius 2 is 1.85 bits per heavy atom. The van der Waals surface area contributed by atoms with Gasteiger partial charge in [-0.05, 0) is 37.8 Å². The molecule has 0 radical (unpaired) electrons. The van der Waals surface area contributed by atoms with Crippen molar-refractivity contribution < 1.29 is 9.53 Å². The summed E-state index contributed by atoms with van der Waals surface area (Å²) < 4.78 is 5.67. The van der Waals surface area contributed by atoms with Crippen molar-refractivity contribution in [1.82, 2.24) is 4.98 Å². The number of hydrogen-bond acceptors (Lipinski definition) is 3. The minimum Gasteiger partial charge on any atom is -0.478 e. The van der Waals surface area contributed by atoms with Crippen LogP contribution in [0, 0.1) is 6.92 Å². The van der Waals surface area contributed by atoms with Gasteiger partial charge in [-0.15, -0.1) is 0 Å². The molecule has 0 atom stereocenters. The molecule has 1 aliphatic rings. The van der Waals surface area contributed by atoms with Crippen LogP contribution in [0.15, 0.2) is 42.5 Å². The third-order valence-electron chi connectivity index (χ3n) is 5.52. The number of nitrogens with zero attached hydrogens (tertiary/aromatic N) is 1. The molecule has 144 valence electrons. The molecule has 1 aromatic carbocycles. The lowest BCUT2D eigenvalue weighted by Gasteiger charge is -2.36. The van der Waals surface area contributed by atoms with E-state index in [4.69, 9.17) is 4.74 Å². The van der Waals surface area contributed by atoms with E-state index in [1.54, 1.807) is 0 Å². The Hall–Kier alpha value is -2.36. The fourth-order valence-corrected chi connectivity index (χ4v) is 3.87. The van der Waals surface area contributed by atoms with E-state index in [1.165, 1.54) is 6.42 Å². The first-order valence-corrected chi connectivity index (χ1v) is 10.1. The molecule has 1 fully saturated rings. The van der Waals surface area contributed by atoms with Gasteiger partial charge in [0, 0.05) is 6.07 Å². The number of unbranched alkanes of at least 4 members (excludes halogenated alkanes) is 1. The molecule has 0 spiro atoms. The van der Waals surface area contributed by atoms with Crippen molar-refractivity contribution in [3.05, 3.63) is 53.7 Å². The van der Waals surface area contributed by atoms with Crippen LogP contribution in [0.3, 0.4) is 0 Å². The molecular formula is C23H30N2O2. The zero-order chi connectivity index (χ0) is 19.1. The average molecular weight is 367 g/mol. The Balaban J connectivity index is 1.78. The Bertz CT molecular complexity index is 752. The number of carbonyl (C=O) groups excluding carboxylic acids is 1. The molecule has 4 heteroatoms. The molecule has 0 unspecified atom stereocenters. The summed E-state index contributed by atoms with van der Waals surface area (Å²) in [6.45, 7) is 4.72. The lowest BCUT2D eigenvalue weighted by molar-refractivity contribution is -0.122. The van der Waals surface area contributed by atoms with Gasteiger partial charge < -0.3 is 10.1 Å². The molecule has 1 amide bonds. The van der Waals surface area contributed by atoms with Crippen molar-refractivity contribution in [3.8, 4) is 5.88 Å². The minimum absolute atomic E-state index is 0.0814. The van der Waals surface area contributed by atoms with Crippen LogP contribution < -0.4 is 10.1 Å². The number of rotatable bonds is 7. The van der Waals surface area contributed by atoms with E-state index >= 15 is 0 Å². The molecular weight excluding hydrogens is 336 g/mol. The highest BCUT2D eigenvalue weighted by atomic mass is 16.5. The van der Waals surface area contributed by atoms with Gasteiger partial charge in [-0.25, -0.2) is 4.98 Å². The topological polar surface area (TPSA) is 51.2 Å². The van der Waals surface area contributed by atoms with Gasteiger partial charge in [0.05, 0.1) is 23.4 Å². The number of ether oxygens (including phenoxy) is 1. The quantitative estimate of drug-likeness (QED) is 0.667. The van der Waals surface area contributed by atoms with Crippen LogP contribution in [0.4, 0.5) is 5.69 Å². The van der Waals surface area contributed by atoms with Crippen LogP contribution in [-0.4, -0.2) is 17.5 Å². The maximum absolute atomic E-state index is 13.4. The van der Waals surface area contributed by atoms with Crippen molar-refractivity contribution in [1.29, 1.82) is 0 Å². The predicted octanol–water partition coefficient (Wildman–Crippen LogP) is 5.41. The fraction of sp³-hybridized carbons (Fsp3) is 0.478. The van der Waals surface area contributed by atoms with Crippen LogP contribution in [0.5, 0.6) is 5.88 Å². The number of pyridine rings is 1. The average Bonchev–Trinajstić information content (AvgIpc) is 2.71. The van der Waals surface area contributed by atoms with Crippen molar-refractivity contribution in [2.75, 3.05) is 11.9 Å². The molecule has 0 bridgehead atoms. The molecule has 1 saturated carbocycles. The van der Waals surface area contributed by atoms with Gasteiger partial charge in [0.2, 0.25) is 11.8 Å². The van der Waals surface area contributed by atoms with Crippen molar-refractivity contribution >= 4 is 11.6 Å². The fourth-order valence-electron chi connectivity index (χ4n) is 3.87. The predicted molar refractivity (Wildman–Crippen MR) is 109 cm³/mol. The summed E-state index contributed by atoms with van der Waals surface area (Å²) in [6.07, 6.45) is 7.27. The second kappa shape index (κ2) is 9.03. The maximum atomic E-state index is 13.4. The molecule has 3 rings (SSSR count). The molecule has 0 aliphatic heterocycles. The number of nitrogens with one attached hydrogen (secondary N) is 1. The van der Waals surface area contributed by atoms with Gasteiger partial charge in [-0.3, -0.25) is 4.79 Å². The molecule has 1 heterocycles. The zero-order valence-electron chi connectivity index (χ0n) is 16.5. The lowest BCUT2D eigenvalue weighted by atomic mass is 9.68. The Kier molecular flexibility index (Phi) is 6.49. The third kappa shape index (κ3) is 4.49. The Labute approximate surface area is 162 Å². The summed E-state index contributed by atoms with van der Waals surface area (Å²) in [6, 6.07) is 14.0. The van der Waals surface area contributed by atoms with E-state index in [-0.39, 0.29) is 5.91 Å². The largest absolute Gasteiger partial charge is 0.478 e. The number of benzene rings is 1. The van der Waals surface area contributed by atoms with Crippen LogP contribution in [-0.2, 0) is 10.2 Å². The summed E-state index contributed by atoms with van der Waals surface area (Å²) in [5.41, 5.74) is 2.23. The summed E-state index contributed by atoms with van der Waals surface area (Å²) in [4.78, 5) is 17.9. The summed E-state index contributed by atoms with van der Waals surface area (Å²) in [5, 5.41) is 3.16. The number of hydrogen-bond donors (Lipinski definition) is 1. The van der Waals surface area contributed by atoms with Crippen molar-refractivity contribution in [2.24, 2.45) is 0 Å². The van der Waals surface area contributed by atoms with E-state index in [1.807, 2.05) is 37.3 Å². The molecule has 1 N–H and O–H groups in total. The SMILES string of the molecule is CCCCOc1ccc(NC(=O)C2(c3ccccc3)CCCCC2)c(C)n1. The van der Waals surface area contributed by atoms with Gasteiger partial charge in [0.25, 0.3) is 0 Å². The highest BCUT2D eigenvalue weighted by Crippen LogP contribution is 2.40. The first-order chi connectivity index (χ1) is 13.2. The van der Waals surface area contributed by atoms with Gasteiger partial charge in [-0.1, -0.05) is 62.9 Å². The van der Waals surface area contributed by atoms with Crippen LogP contribution >= 0.6 is 0 Å². The number of amides is 1. The lowest BCUT2D eigenvalue weighted by Crippen LogP contribution is -2.42. The smallest absolute Gasteiger partial charge is 0.235 e. The van der Waals surface area contributed by atoms with Crippen LogP contribution in [0.2, 0.25) is 0 Å². The van der Waals surface area contributed by atoms with Crippen LogP contribution in [0.1, 0.15) is 63.1 Å². The third-order valence-corrected chi connectivity index (χ3v) is 5.52. The van der Waals surface area contributed by atoms with E-state index in [2.05, 4.69) is 29.4 Å². The summed E-state index contributed by atoms with van der Waals surface area (Å²) >= 11 is 0. The van der Waals surface area contributed by atoms with Gasteiger partial charge in [-0.2, -0.15) is 0 Å². The maximum Gasteiger partial charge on any atom is 0.235 e. The Morgan fingerprint density at radius 3 is 2.52 bits per heavy atom. The summed E-state index contributed by atoms with van der Waals surface area (Å²) in [7, 11) is 0. The standard InChI is InChI=1S/C23H30N2O2/c1-3-4-17-27-21-14-13-20(18(2)24-21)25-22(26)23(15-9-6-10-16-23)19-11-7-5-8-12-19/h5,7-8,11-14H,3-4,6,9-10,15-17H2,1-2H3,(H,25,26). The van der Waals surface area contributed by atoms with Gasteiger partial charge in [0.1, 0.15) is 0 Å². The first-order valence-electron chi connectivity index (χ1n) is 10.1. The second-order valence-corrected chi connectivity index (χ2v) is 7.45. The van der Waals surface area contributed by atoms with Crippen LogP contribution in [0.25, 0.3) is 0 Å². The van der Waals surface area contributed by atoms with E-state index in [0.29, 0.717) is 12.5 Å². The molecule has 27 heavy (non-hydrogen) atoms. The van der Waals surface area contributed by atoms with E-state index in [0.717, 1.165) is 55.5 Å². The Morgan fingerprint density at radius 1 is 1.11 bits per heavy atom.